The molecule has 0 aliphatic carbocycles. The van der Waals surface area contributed by atoms with Crippen LogP contribution in [0.4, 0.5) is 0 Å². The molecule has 9 heteroatoms. The Bertz CT molecular complexity index is 620. The number of carboxylic acids is 1. The fourth-order valence-electron chi connectivity index (χ4n) is 1.66. The van der Waals surface area contributed by atoms with Crippen LogP contribution >= 0.6 is 0 Å². The van der Waals surface area contributed by atoms with E-state index >= 15 is 0 Å². The first kappa shape index (κ1) is 18.2. The molecule has 0 fully saturated rings. The predicted octanol–water partition coefficient (Wildman–Crippen LogP) is 1.38. The first-order valence-electron chi connectivity index (χ1n) is 6.83. The summed E-state index contributed by atoms with van der Waals surface area (Å²) in [6.07, 6.45) is 1.46. The molecule has 1 aromatic rings. The van der Waals surface area contributed by atoms with E-state index in [0.29, 0.717) is 6.42 Å². The number of hydrogen-bond donors (Lipinski definition) is 2. The fourth-order valence-corrected chi connectivity index (χ4v) is 2.82. The van der Waals surface area contributed by atoms with Gasteiger partial charge in [0.1, 0.15) is 6.04 Å². The van der Waals surface area contributed by atoms with E-state index in [0.717, 1.165) is 18.6 Å². The van der Waals surface area contributed by atoms with E-state index in [4.69, 9.17) is 9.52 Å². The molecule has 1 aromatic heterocycles. The molecule has 124 valence electrons. The number of rotatable bonds is 9. The van der Waals surface area contributed by atoms with E-state index in [1.165, 1.54) is 0 Å². The Balaban J connectivity index is 2.89. The van der Waals surface area contributed by atoms with Gasteiger partial charge in [-0.3, -0.25) is 4.79 Å². The highest BCUT2D eigenvalue weighted by atomic mass is 32.2. The van der Waals surface area contributed by atoms with Crippen molar-refractivity contribution in [2.75, 3.05) is 6.61 Å². The van der Waals surface area contributed by atoms with Crippen LogP contribution in [0.3, 0.4) is 0 Å². The lowest BCUT2D eigenvalue weighted by atomic mass is 10.1. The lowest BCUT2D eigenvalue weighted by Gasteiger charge is -2.12. The maximum Gasteiger partial charge on any atom is 0.374 e. The summed E-state index contributed by atoms with van der Waals surface area (Å²) in [5.41, 5.74) is 0. The standard InChI is InChI=1S/C13H19NO7S/c1-3-5-6-9(12(15)16)14-22(18,19)11-8-7-10(21-11)13(17)20-4-2/h7-9,14H,3-6H2,1-2H3,(H,15,16). The van der Waals surface area contributed by atoms with Crippen LogP contribution in [0, 0.1) is 0 Å². The van der Waals surface area contributed by atoms with E-state index in [1.54, 1.807) is 6.92 Å². The van der Waals surface area contributed by atoms with Gasteiger partial charge >= 0.3 is 11.9 Å². The SMILES string of the molecule is CCCCC(NS(=O)(=O)c1ccc(C(=O)OCC)o1)C(=O)O. The van der Waals surface area contributed by atoms with Crippen molar-refractivity contribution in [1.29, 1.82) is 0 Å². The summed E-state index contributed by atoms with van der Waals surface area (Å²) in [7, 11) is -4.17. The van der Waals surface area contributed by atoms with E-state index in [2.05, 4.69) is 9.46 Å². The zero-order valence-corrected chi connectivity index (χ0v) is 13.2. The van der Waals surface area contributed by atoms with Gasteiger partial charge in [0, 0.05) is 0 Å². The molecule has 1 rings (SSSR count). The second-order valence-electron chi connectivity index (χ2n) is 4.49. The largest absolute Gasteiger partial charge is 0.480 e. The van der Waals surface area contributed by atoms with Crippen molar-refractivity contribution in [3.8, 4) is 0 Å². The van der Waals surface area contributed by atoms with Gasteiger partial charge in [-0.15, -0.1) is 0 Å². The topological polar surface area (TPSA) is 123 Å². The number of sulfonamides is 1. The Morgan fingerprint density at radius 2 is 2.05 bits per heavy atom. The number of unbranched alkanes of at least 4 members (excludes halogenated alkanes) is 1. The van der Waals surface area contributed by atoms with Gasteiger partial charge in [-0.05, 0) is 25.5 Å². The summed E-state index contributed by atoms with van der Waals surface area (Å²) < 4.78 is 35.8. The summed E-state index contributed by atoms with van der Waals surface area (Å²) in [6.45, 7) is 3.59. The molecule has 1 unspecified atom stereocenters. The number of esters is 1. The molecule has 0 aromatic carbocycles. The normalized spacial score (nSPS) is 12.8. The van der Waals surface area contributed by atoms with Gasteiger partial charge < -0.3 is 14.3 Å². The minimum absolute atomic E-state index is 0.123. The first-order chi connectivity index (χ1) is 10.3. The molecule has 0 saturated heterocycles. The number of carboxylic acid groups (broad SMARTS) is 1. The lowest BCUT2D eigenvalue weighted by molar-refractivity contribution is -0.139. The zero-order valence-electron chi connectivity index (χ0n) is 12.4. The summed E-state index contributed by atoms with van der Waals surface area (Å²) in [5.74, 6) is -2.32. The van der Waals surface area contributed by atoms with Crippen LogP contribution in [0.25, 0.3) is 0 Å². The van der Waals surface area contributed by atoms with Gasteiger partial charge in [0.15, 0.2) is 0 Å². The molecule has 8 nitrogen and oxygen atoms in total. The van der Waals surface area contributed by atoms with Crippen LogP contribution in [0.15, 0.2) is 21.6 Å². The van der Waals surface area contributed by atoms with Crippen molar-refractivity contribution in [3.63, 3.8) is 0 Å². The van der Waals surface area contributed by atoms with Crippen molar-refractivity contribution in [2.45, 2.75) is 44.2 Å². The minimum Gasteiger partial charge on any atom is -0.480 e. The van der Waals surface area contributed by atoms with E-state index in [9.17, 15) is 18.0 Å². The summed E-state index contributed by atoms with van der Waals surface area (Å²) in [4.78, 5) is 22.5. The summed E-state index contributed by atoms with van der Waals surface area (Å²) in [5, 5.41) is 8.51. The maximum absolute atomic E-state index is 12.1. The van der Waals surface area contributed by atoms with E-state index in [-0.39, 0.29) is 18.8 Å². The molecule has 22 heavy (non-hydrogen) atoms. The summed E-state index contributed by atoms with van der Waals surface area (Å²) >= 11 is 0. The number of hydrogen-bond acceptors (Lipinski definition) is 6. The highest BCUT2D eigenvalue weighted by Crippen LogP contribution is 2.16. The van der Waals surface area contributed by atoms with Crippen molar-refractivity contribution < 1.29 is 32.3 Å². The molecule has 0 saturated carbocycles. The predicted molar refractivity (Wildman–Crippen MR) is 75.9 cm³/mol. The number of furan rings is 1. The highest BCUT2D eigenvalue weighted by molar-refractivity contribution is 7.89. The molecular weight excluding hydrogens is 314 g/mol. The van der Waals surface area contributed by atoms with Crippen LogP contribution in [0.1, 0.15) is 43.7 Å². The molecule has 0 spiro atoms. The number of nitrogens with one attached hydrogen (secondary N) is 1. The van der Waals surface area contributed by atoms with Crippen molar-refractivity contribution in [3.05, 3.63) is 17.9 Å². The average Bonchev–Trinajstić information content (AvgIpc) is 2.94. The highest BCUT2D eigenvalue weighted by Gasteiger charge is 2.28. The summed E-state index contributed by atoms with van der Waals surface area (Å²) in [6, 6.07) is 0.989. The molecule has 1 heterocycles. The quantitative estimate of drug-likeness (QED) is 0.654. The van der Waals surface area contributed by atoms with Gasteiger partial charge in [0.2, 0.25) is 10.9 Å². The van der Waals surface area contributed by atoms with E-state index < -0.39 is 33.1 Å². The maximum atomic E-state index is 12.1. The molecule has 0 bridgehead atoms. The Hall–Kier alpha value is -1.87. The lowest BCUT2D eigenvalue weighted by Crippen LogP contribution is -2.40. The van der Waals surface area contributed by atoms with Gasteiger partial charge in [-0.1, -0.05) is 19.8 Å². The monoisotopic (exact) mass is 333 g/mol. The van der Waals surface area contributed by atoms with Crippen LogP contribution in [-0.4, -0.2) is 38.1 Å². The minimum atomic E-state index is -4.17. The van der Waals surface area contributed by atoms with Crippen LogP contribution < -0.4 is 4.72 Å². The van der Waals surface area contributed by atoms with Gasteiger partial charge in [-0.25, -0.2) is 13.2 Å². The molecular formula is C13H19NO7S. The number of ether oxygens (including phenoxy) is 1. The van der Waals surface area contributed by atoms with Crippen molar-refractivity contribution in [1.82, 2.24) is 4.72 Å². The molecule has 0 radical (unpaired) electrons. The van der Waals surface area contributed by atoms with Crippen LogP contribution in [0.2, 0.25) is 0 Å². The Labute approximate surface area is 128 Å². The third kappa shape index (κ3) is 4.85. The number of carbonyl (C=O) groups is 2. The van der Waals surface area contributed by atoms with Gasteiger partial charge in [0.25, 0.3) is 10.0 Å². The second-order valence-corrected chi connectivity index (χ2v) is 6.14. The van der Waals surface area contributed by atoms with Gasteiger partial charge in [-0.2, -0.15) is 4.72 Å². The molecule has 0 amide bonds. The third-order valence-electron chi connectivity index (χ3n) is 2.76. The van der Waals surface area contributed by atoms with Crippen LogP contribution in [-0.2, 0) is 19.6 Å². The molecule has 0 aliphatic rings. The number of carbonyl (C=O) groups excluding carboxylic acids is 1. The Kier molecular flexibility index (Phi) is 6.57. The second kappa shape index (κ2) is 7.95. The smallest absolute Gasteiger partial charge is 0.374 e. The fraction of sp³-hybridized carbons (Fsp3) is 0.538. The van der Waals surface area contributed by atoms with E-state index in [1.807, 2.05) is 6.92 Å². The van der Waals surface area contributed by atoms with Crippen molar-refractivity contribution in [2.24, 2.45) is 0 Å². The Morgan fingerprint density at radius 1 is 1.36 bits per heavy atom. The van der Waals surface area contributed by atoms with Crippen molar-refractivity contribution >= 4 is 22.0 Å². The molecule has 1 atom stereocenters. The first-order valence-corrected chi connectivity index (χ1v) is 8.32. The average molecular weight is 333 g/mol. The number of aliphatic carboxylic acids is 1. The third-order valence-corrected chi connectivity index (χ3v) is 4.11. The van der Waals surface area contributed by atoms with Crippen LogP contribution in [0.5, 0.6) is 0 Å². The zero-order chi connectivity index (χ0) is 16.8. The molecule has 0 aliphatic heterocycles. The molecule has 2 N–H and O–H groups in total. The Morgan fingerprint density at radius 3 is 2.59 bits per heavy atom. The van der Waals surface area contributed by atoms with Gasteiger partial charge in [0.05, 0.1) is 6.61 Å².